The number of aliphatic hydroxyl groups excluding tert-OH is 2. The number of carbonyl (C=O) groups is 5. The quantitative estimate of drug-likeness (QED) is 0.00967. The normalized spacial score (nSPS) is 26.6. The summed E-state index contributed by atoms with van der Waals surface area (Å²) in [6.07, 6.45) is 15.1. The Bertz CT molecular complexity index is 4270. The van der Waals surface area contributed by atoms with Crippen molar-refractivity contribution in [2.24, 2.45) is 35.3 Å². The fourth-order valence-electron chi connectivity index (χ4n) is 16.3. The molecule has 0 spiro atoms. The van der Waals surface area contributed by atoms with Crippen LogP contribution in [0.1, 0.15) is 144 Å². The van der Waals surface area contributed by atoms with E-state index in [2.05, 4.69) is 30.6 Å². The number of cyclic esters (lactones) is 1. The molecule has 4 aromatic heterocycles. The Morgan fingerprint density at radius 2 is 1.37 bits per heavy atom. The van der Waals surface area contributed by atoms with Crippen molar-refractivity contribution in [3.8, 4) is 11.3 Å². The molecule has 36 heteroatoms. The number of ether oxygens (including phenoxy) is 14. The molecule has 0 radical (unpaired) electrons. The average Bonchev–Trinajstić information content (AvgIpc) is 1.52. The van der Waals surface area contributed by atoms with Crippen LogP contribution in [0.25, 0.3) is 33.4 Å². The zero-order chi connectivity index (χ0) is 91.0. The van der Waals surface area contributed by atoms with Gasteiger partial charge in [-0.3, -0.25) is 19.2 Å². The van der Waals surface area contributed by atoms with Gasteiger partial charge in [0.15, 0.2) is 17.0 Å². The number of nitrogen functional groups attached to an aromatic ring is 1. The standard InChI is InChI=1S/C91H141N13O23/c1-61-19-12-11-13-20-62(2)77(113-9)56-70-25-22-66(6)91(112,127-70)85(109)88(110)103-30-16-14-21-73(103)89(111)125-78(57-74(105)63(3)52-65(5)83(107)84(108)82(106)64(4)51-61)71(92)53-67-23-26-76(79(54-67)114-10)124-50-49-123-59-69-58-102(100-98-69)32-34-116-36-38-118-40-42-120-44-46-122-48-47-121-45-43-119-41-39-117-37-35-115-33-18-29-94-28-15-17-31-104-87-80(86(101(7)8)95-60-96-87)81(99-104)68-24-27-75-72(55-68)97-90(93)126-75/h11-13,19-20,24,27,52,55,58,60-61,63-64,66-67,70-71,73,76-79,83-84,94,107-108,112H,14-18,21-23,25-26,28-51,53-54,56-57,59,92H2,1-10H3,(H2,93,97)/b13-11+,19-12+,62-20+,65-52+/t61-,63-,64-,66-,67+,70+,71-,73+,76-,77+,78+,79-,83-,84+,91-/m1/s1. The Labute approximate surface area is 746 Å². The van der Waals surface area contributed by atoms with Crippen LogP contribution in [-0.4, -0.2) is 317 Å². The van der Waals surface area contributed by atoms with Crippen LogP contribution in [-0.2, 0) is 110 Å². The zero-order valence-electron chi connectivity index (χ0n) is 76.1. The number of aromatic nitrogens is 8. The molecule has 7 heterocycles. The largest absolute Gasteiger partial charge is 0.459 e. The minimum Gasteiger partial charge on any atom is -0.459 e. The summed E-state index contributed by atoms with van der Waals surface area (Å²) in [6, 6.07) is 3.71. The van der Waals surface area contributed by atoms with Gasteiger partial charge in [-0.15, -0.1) is 5.10 Å². The molecule has 9 rings (SSSR count). The Morgan fingerprint density at radius 1 is 0.701 bits per heavy atom. The number of carbonyl (C=O) groups excluding carboxylic acids is 5. The number of oxazole rings is 1. The molecule has 36 nitrogen and oxygen atoms in total. The van der Waals surface area contributed by atoms with Crippen molar-refractivity contribution >= 4 is 63.2 Å². The zero-order valence-corrected chi connectivity index (χ0v) is 76.1. The predicted molar refractivity (Wildman–Crippen MR) is 473 cm³/mol. The molecular formula is C91H141N13O23. The van der Waals surface area contributed by atoms with Crippen LogP contribution in [0.4, 0.5) is 11.8 Å². The van der Waals surface area contributed by atoms with Crippen LogP contribution >= 0.6 is 0 Å². The minimum atomic E-state index is -2.49. The maximum Gasteiger partial charge on any atom is 0.329 e. The Hall–Kier alpha value is -7.83. The molecule has 0 unspecified atom stereocenters. The SMILES string of the molecule is CO[C@H]1C[C@@H]2CC[C@@H](C)[C@@](O)(O2)C(=O)C(=O)N2CCCC[C@H]2C(=O)O[C@H]([C@H](N)C[C@@H]2CC[C@@H](OCCOCc3cn(CCOCCOCCOCCOCCOCCOCCOCCOCCCNCCCCn4nc(-c5ccc6oc(N)nc6c5)c5c(N(C)C)ncnc54)nn3)[C@H](OC)C2)CC(=O)[C@H](C)/C=C(\C)[C@@H](O)[C@@H](O)C(=O)[C@H](C)C[C@H](C)/C=C/C=C/C=C/1C. The fourth-order valence-corrected chi connectivity index (χ4v) is 16.3. The van der Waals surface area contributed by atoms with Crippen LogP contribution in [0.5, 0.6) is 0 Å². The Kier molecular flexibility index (Phi) is 44.3. The van der Waals surface area contributed by atoms with Crippen molar-refractivity contribution in [1.82, 2.24) is 49.9 Å². The van der Waals surface area contributed by atoms with E-state index in [9.17, 15) is 39.3 Å². The monoisotopic (exact) mass is 1780 g/mol. The lowest BCUT2D eigenvalue weighted by Crippen LogP contribution is -2.61. The first kappa shape index (κ1) is 103. The van der Waals surface area contributed by atoms with Crippen molar-refractivity contribution in [2.75, 3.05) is 178 Å². The number of anilines is 2. The Balaban J connectivity index is 0.578. The highest BCUT2D eigenvalue weighted by atomic mass is 16.6. The van der Waals surface area contributed by atoms with E-state index in [1.54, 1.807) is 52.2 Å². The molecule has 708 valence electrons. The molecule has 2 saturated heterocycles. The summed E-state index contributed by atoms with van der Waals surface area (Å²) < 4.78 is 90.9. The number of methoxy groups -OCH3 is 2. The maximum absolute atomic E-state index is 14.7. The first-order chi connectivity index (χ1) is 61.4. The molecule has 127 heavy (non-hydrogen) atoms. The van der Waals surface area contributed by atoms with Crippen molar-refractivity contribution < 1.29 is 110 Å². The lowest BCUT2D eigenvalue weighted by atomic mass is 9.80. The molecule has 1 aliphatic carbocycles. The predicted octanol–water partition coefficient (Wildman–Crippen LogP) is 7.24. The number of fused-ring (bicyclic) bond motifs is 5. The van der Waals surface area contributed by atoms with Gasteiger partial charge in [0.05, 0.1) is 161 Å². The number of hydrogen-bond acceptors (Lipinski definition) is 33. The number of nitrogens with two attached hydrogens (primary N) is 2. The molecule has 4 aliphatic rings. The van der Waals surface area contributed by atoms with E-state index in [0.29, 0.717) is 193 Å². The summed E-state index contributed by atoms with van der Waals surface area (Å²) in [5.74, 6) is -8.18. The number of amides is 1. The van der Waals surface area contributed by atoms with Crippen LogP contribution in [0.3, 0.4) is 0 Å². The number of allylic oxidation sites excluding steroid dienone is 6. The van der Waals surface area contributed by atoms with E-state index in [4.69, 9.17) is 87.3 Å². The number of unbranched alkanes of at least 4 members (excludes halogenated alkanes) is 1. The van der Waals surface area contributed by atoms with Gasteiger partial charge in [0.2, 0.25) is 5.79 Å². The summed E-state index contributed by atoms with van der Waals surface area (Å²) in [6.45, 7) is 21.5. The first-order valence-electron chi connectivity index (χ1n) is 45.2. The highest BCUT2D eigenvalue weighted by Gasteiger charge is 2.53. The third-order valence-corrected chi connectivity index (χ3v) is 23.7. The smallest absolute Gasteiger partial charge is 0.329 e. The average molecular weight is 1790 g/mol. The third kappa shape index (κ3) is 32.6. The minimum absolute atomic E-state index is 0.0206. The van der Waals surface area contributed by atoms with Crippen molar-refractivity contribution in [1.29, 1.82) is 0 Å². The lowest BCUT2D eigenvalue weighted by Gasteiger charge is -2.42. The van der Waals surface area contributed by atoms with E-state index >= 15 is 0 Å². The molecule has 15 atom stereocenters. The van der Waals surface area contributed by atoms with Crippen molar-refractivity contribution in [3.63, 3.8) is 0 Å². The van der Waals surface area contributed by atoms with Crippen LogP contribution in [0, 0.1) is 29.6 Å². The van der Waals surface area contributed by atoms with Gasteiger partial charge in [0.1, 0.15) is 59.2 Å². The third-order valence-electron chi connectivity index (χ3n) is 23.7. The highest BCUT2D eigenvalue weighted by molar-refractivity contribution is 6.39. The van der Waals surface area contributed by atoms with Crippen molar-refractivity contribution in [3.05, 3.63) is 84.0 Å². The molecule has 8 N–H and O–H groups in total. The van der Waals surface area contributed by atoms with E-state index in [-0.39, 0.29) is 81.3 Å². The van der Waals surface area contributed by atoms with E-state index in [1.165, 1.54) is 13.0 Å². The second kappa shape index (κ2) is 54.7. The summed E-state index contributed by atoms with van der Waals surface area (Å²) in [5.41, 5.74) is 18.3. The maximum atomic E-state index is 14.7. The number of nitrogens with one attached hydrogen (secondary N) is 1. The number of rotatable bonds is 46. The Morgan fingerprint density at radius 3 is 2.05 bits per heavy atom. The van der Waals surface area contributed by atoms with Gasteiger partial charge in [-0.05, 0) is 152 Å². The molecule has 1 saturated carbocycles. The molecular weight excluding hydrogens is 1640 g/mol. The molecule has 1 aromatic carbocycles. The van der Waals surface area contributed by atoms with Crippen molar-refractivity contribution in [2.45, 2.75) is 218 Å². The summed E-state index contributed by atoms with van der Waals surface area (Å²) in [7, 11) is 7.09. The van der Waals surface area contributed by atoms with E-state index in [0.717, 1.165) is 70.9 Å². The summed E-state index contributed by atoms with van der Waals surface area (Å²) in [4.78, 5) is 88.1. The number of esters is 1. The summed E-state index contributed by atoms with van der Waals surface area (Å²) >= 11 is 0. The van der Waals surface area contributed by atoms with E-state index < -0.39 is 95.4 Å². The van der Waals surface area contributed by atoms with Crippen LogP contribution in [0.2, 0.25) is 0 Å². The van der Waals surface area contributed by atoms with Gasteiger partial charge in [0, 0.05) is 90.2 Å². The topological polar surface area (TPSA) is 446 Å². The van der Waals surface area contributed by atoms with Gasteiger partial charge in [-0.2, -0.15) is 10.1 Å². The summed E-state index contributed by atoms with van der Waals surface area (Å²) in [5, 5.41) is 52.5. The molecule has 5 aromatic rings. The second-order valence-corrected chi connectivity index (χ2v) is 33.7. The van der Waals surface area contributed by atoms with Crippen LogP contribution in [0.15, 0.2) is 82.7 Å². The fraction of sp³-hybridized carbons (Fsp3) is 0.703. The number of aliphatic hydroxyl groups is 3. The molecule has 3 aliphatic heterocycles. The first-order valence-corrected chi connectivity index (χ1v) is 45.2. The molecule has 3 fully saturated rings. The van der Waals surface area contributed by atoms with Crippen LogP contribution < -0.4 is 21.7 Å². The lowest BCUT2D eigenvalue weighted by molar-refractivity contribution is -0.265. The number of hydrogen-bond donors (Lipinski definition) is 6. The van der Waals surface area contributed by atoms with Gasteiger partial charge in [-0.1, -0.05) is 69.4 Å². The van der Waals surface area contributed by atoms with E-state index in [1.807, 2.05) is 86.1 Å². The second-order valence-electron chi connectivity index (χ2n) is 33.7. The van der Waals surface area contributed by atoms with Gasteiger partial charge in [-0.25, -0.2) is 24.1 Å². The number of ketones is 3. The number of nitrogens with zero attached hydrogens (tertiary/aromatic N) is 10. The molecule has 1 amide bonds. The number of aryl methyl sites for hydroxylation is 1. The number of piperidine rings is 1. The molecule has 2 bridgehead atoms. The van der Waals surface area contributed by atoms with Gasteiger partial charge in [0.25, 0.3) is 17.7 Å². The number of benzene rings is 1. The highest BCUT2D eigenvalue weighted by Crippen LogP contribution is 2.39. The van der Waals surface area contributed by atoms with Gasteiger partial charge < -0.3 is 113 Å². The van der Waals surface area contributed by atoms with Gasteiger partial charge >= 0.3 is 5.97 Å². The number of Topliss-reactive ketones (excluding diaryl/α,β-unsaturated/α-hetero) is 3.